The van der Waals surface area contributed by atoms with Crippen LogP contribution in [0.2, 0.25) is 0 Å². The number of nitrogens with zero attached hydrogens (tertiary/aromatic N) is 2. The van der Waals surface area contributed by atoms with Gasteiger partial charge in [0.15, 0.2) is 0 Å². The van der Waals surface area contributed by atoms with Crippen LogP contribution in [0.15, 0.2) is 73.1 Å². The minimum Gasteiger partial charge on any atom is -0.384 e. The fraction of sp³-hybridized carbons (Fsp3) is 0.111. The minimum absolute atomic E-state index is 0.0620. The summed E-state index contributed by atoms with van der Waals surface area (Å²) in [6, 6.07) is 13.9. The van der Waals surface area contributed by atoms with Crippen LogP contribution in [0.25, 0.3) is 11.1 Å². The van der Waals surface area contributed by atoms with E-state index in [0.29, 0.717) is 23.4 Å². The second-order valence-corrected chi connectivity index (χ2v) is 8.64. The SMILES string of the molecule is CC(Nc1ncc(C(F)(F)F)cc1C(=O)Nc1ccc(F)cc1)c1ccc(-c2cnc(N)c(C(=N)N)c2)cc1. The Balaban J connectivity index is 1.59. The highest BCUT2D eigenvalue weighted by atomic mass is 19.4. The van der Waals surface area contributed by atoms with Crippen LogP contribution in [0.1, 0.15) is 40.0 Å². The van der Waals surface area contributed by atoms with Crippen molar-refractivity contribution < 1.29 is 22.4 Å². The van der Waals surface area contributed by atoms with E-state index < -0.39 is 29.5 Å². The van der Waals surface area contributed by atoms with E-state index in [4.69, 9.17) is 16.9 Å². The fourth-order valence-corrected chi connectivity index (χ4v) is 3.74. The lowest BCUT2D eigenvalue weighted by molar-refractivity contribution is -0.137. The summed E-state index contributed by atoms with van der Waals surface area (Å²) in [6.45, 7) is 1.76. The number of hydrogen-bond donors (Lipinski definition) is 5. The molecule has 0 radical (unpaired) electrons. The lowest BCUT2D eigenvalue weighted by Gasteiger charge is -2.19. The highest BCUT2D eigenvalue weighted by Crippen LogP contribution is 2.32. The Bertz CT molecular complexity index is 1520. The topological polar surface area (TPSA) is 143 Å². The number of amidine groups is 1. The van der Waals surface area contributed by atoms with Crippen molar-refractivity contribution >= 4 is 29.1 Å². The first-order valence-corrected chi connectivity index (χ1v) is 11.5. The summed E-state index contributed by atoms with van der Waals surface area (Å²) in [5.41, 5.74) is 12.6. The van der Waals surface area contributed by atoms with Gasteiger partial charge in [0.25, 0.3) is 5.91 Å². The van der Waals surface area contributed by atoms with E-state index in [-0.39, 0.29) is 28.7 Å². The number of hydrogen-bond acceptors (Lipinski definition) is 6. The first-order chi connectivity index (χ1) is 18.4. The molecular formula is C27H23F4N7O. The highest BCUT2D eigenvalue weighted by molar-refractivity contribution is 6.07. The maximum Gasteiger partial charge on any atom is 0.417 e. The number of anilines is 3. The molecule has 4 rings (SSSR count). The number of nitrogens with one attached hydrogen (secondary N) is 3. The molecule has 4 aromatic rings. The number of aromatic nitrogens is 2. The summed E-state index contributed by atoms with van der Waals surface area (Å²) >= 11 is 0. The maximum absolute atomic E-state index is 13.4. The van der Waals surface area contributed by atoms with Gasteiger partial charge in [-0.15, -0.1) is 0 Å². The molecule has 2 aromatic carbocycles. The Morgan fingerprint density at radius 1 is 0.949 bits per heavy atom. The maximum atomic E-state index is 13.4. The second kappa shape index (κ2) is 10.8. The molecular weight excluding hydrogens is 514 g/mol. The molecule has 8 nitrogen and oxygen atoms in total. The third-order valence-corrected chi connectivity index (χ3v) is 5.87. The van der Waals surface area contributed by atoms with Crippen molar-refractivity contribution in [2.75, 3.05) is 16.4 Å². The number of benzene rings is 2. The van der Waals surface area contributed by atoms with Crippen LogP contribution < -0.4 is 22.1 Å². The zero-order valence-electron chi connectivity index (χ0n) is 20.5. The van der Waals surface area contributed by atoms with Gasteiger partial charge in [0.1, 0.15) is 23.3 Å². The number of amides is 1. The Morgan fingerprint density at radius 2 is 1.62 bits per heavy atom. The average Bonchev–Trinajstić information content (AvgIpc) is 2.89. The van der Waals surface area contributed by atoms with Gasteiger partial charge in [-0.3, -0.25) is 10.2 Å². The van der Waals surface area contributed by atoms with Crippen LogP contribution in [0.5, 0.6) is 0 Å². The molecule has 0 saturated carbocycles. The summed E-state index contributed by atoms with van der Waals surface area (Å²) in [6.07, 6.45) is -2.51. The van der Waals surface area contributed by atoms with Crippen molar-refractivity contribution in [3.8, 4) is 11.1 Å². The Labute approximate surface area is 220 Å². The van der Waals surface area contributed by atoms with E-state index in [9.17, 15) is 22.4 Å². The number of pyridine rings is 2. The smallest absolute Gasteiger partial charge is 0.384 e. The van der Waals surface area contributed by atoms with Gasteiger partial charge in [0.05, 0.1) is 16.7 Å². The molecule has 2 aromatic heterocycles. The third-order valence-electron chi connectivity index (χ3n) is 5.87. The monoisotopic (exact) mass is 537 g/mol. The Kier molecular flexibility index (Phi) is 7.47. The number of carbonyl (C=O) groups is 1. The summed E-state index contributed by atoms with van der Waals surface area (Å²) in [4.78, 5) is 20.9. The summed E-state index contributed by atoms with van der Waals surface area (Å²) in [7, 11) is 0. The molecule has 1 amide bonds. The lowest BCUT2D eigenvalue weighted by atomic mass is 10.0. The number of rotatable bonds is 7. The van der Waals surface area contributed by atoms with Crippen molar-refractivity contribution in [2.45, 2.75) is 19.1 Å². The van der Waals surface area contributed by atoms with Gasteiger partial charge in [-0.05, 0) is 54.4 Å². The quantitative estimate of drug-likeness (QED) is 0.118. The van der Waals surface area contributed by atoms with Gasteiger partial charge < -0.3 is 22.1 Å². The van der Waals surface area contributed by atoms with Crippen LogP contribution in [0.3, 0.4) is 0 Å². The fourth-order valence-electron chi connectivity index (χ4n) is 3.74. The molecule has 0 bridgehead atoms. The number of carbonyl (C=O) groups excluding carboxylic acids is 1. The predicted octanol–water partition coefficient (Wildman–Crippen LogP) is 5.59. The summed E-state index contributed by atoms with van der Waals surface area (Å²) < 4.78 is 53.3. The molecule has 0 spiro atoms. The minimum atomic E-state index is -4.71. The van der Waals surface area contributed by atoms with E-state index in [1.54, 1.807) is 43.5 Å². The first-order valence-electron chi connectivity index (χ1n) is 11.5. The molecule has 0 fully saturated rings. The predicted molar refractivity (Wildman–Crippen MR) is 141 cm³/mol. The molecule has 200 valence electrons. The van der Waals surface area contributed by atoms with Gasteiger partial charge in [0, 0.05) is 29.7 Å². The number of halogens is 4. The van der Waals surface area contributed by atoms with Gasteiger partial charge in [-0.2, -0.15) is 13.2 Å². The summed E-state index contributed by atoms with van der Waals surface area (Å²) in [5.74, 6) is -1.50. The third kappa shape index (κ3) is 6.29. The van der Waals surface area contributed by atoms with Crippen molar-refractivity contribution in [3.63, 3.8) is 0 Å². The van der Waals surface area contributed by atoms with Crippen LogP contribution in [0, 0.1) is 11.2 Å². The number of nitrogens with two attached hydrogens (primary N) is 2. The van der Waals surface area contributed by atoms with Crippen molar-refractivity contribution in [2.24, 2.45) is 5.73 Å². The zero-order valence-corrected chi connectivity index (χ0v) is 20.5. The molecule has 0 saturated heterocycles. The van der Waals surface area contributed by atoms with E-state index in [2.05, 4.69) is 20.6 Å². The molecule has 0 aliphatic heterocycles. The standard InChI is InChI=1S/C27H23F4N7O/c1-14(15-2-4-16(5-3-15)17-10-21(23(32)33)24(34)35-12-17)37-25-22(11-18(13-36-25)27(29,30)31)26(39)38-20-8-6-19(28)7-9-20/h2-14H,1H3,(H3,32,33)(H2,34,35)(H,36,37)(H,38,39). The van der Waals surface area contributed by atoms with Crippen molar-refractivity contribution in [1.29, 1.82) is 5.41 Å². The van der Waals surface area contributed by atoms with Gasteiger partial charge in [0.2, 0.25) is 0 Å². The van der Waals surface area contributed by atoms with E-state index in [1.165, 1.54) is 12.1 Å². The van der Waals surface area contributed by atoms with Crippen LogP contribution in [0.4, 0.5) is 34.9 Å². The molecule has 0 aliphatic rings. The van der Waals surface area contributed by atoms with Gasteiger partial charge >= 0.3 is 6.18 Å². The average molecular weight is 538 g/mol. The molecule has 12 heteroatoms. The molecule has 39 heavy (non-hydrogen) atoms. The van der Waals surface area contributed by atoms with E-state index in [1.807, 2.05) is 0 Å². The molecule has 1 atom stereocenters. The Hall–Kier alpha value is -5.00. The summed E-state index contributed by atoms with van der Waals surface area (Å²) in [5, 5.41) is 13.1. The number of alkyl halides is 3. The van der Waals surface area contributed by atoms with E-state index >= 15 is 0 Å². The van der Waals surface area contributed by atoms with Crippen LogP contribution in [-0.4, -0.2) is 21.7 Å². The zero-order chi connectivity index (χ0) is 28.3. The van der Waals surface area contributed by atoms with Gasteiger partial charge in [-0.25, -0.2) is 14.4 Å². The number of nitrogen functional groups attached to an aromatic ring is 2. The molecule has 0 aliphatic carbocycles. The normalized spacial score (nSPS) is 12.0. The van der Waals surface area contributed by atoms with E-state index in [0.717, 1.165) is 23.3 Å². The second-order valence-electron chi connectivity index (χ2n) is 8.64. The Morgan fingerprint density at radius 3 is 2.23 bits per heavy atom. The van der Waals surface area contributed by atoms with Crippen molar-refractivity contribution in [1.82, 2.24) is 9.97 Å². The van der Waals surface area contributed by atoms with Crippen LogP contribution >= 0.6 is 0 Å². The molecule has 7 N–H and O–H groups in total. The van der Waals surface area contributed by atoms with Gasteiger partial charge in [-0.1, -0.05) is 24.3 Å². The molecule has 2 heterocycles. The first kappa shape index (κ1) is 27.0. The molecule has 1 unspecified atom stereocenters. The largest absolute Gasteiger partial charge is 0.417 e. The van der Waals surface area contributed by atoms with Crippen LogP contribution in [-0.2, 0) is 6.18 Å². The highest BCUT2D eigenvalue weighted by Gasteiger charge is 2.33. The lowest BCUT2D eigenvalue weighted by Crippen LogP contribution is -2.19. The van der Waals surface area contributed by atoms with Crippen molar-refractivity contribution in [3.05, 3.63) is 101 Å².